The third kappa shape index (κ3) is 3.85. The molecule has 0 radical (unpaired) electrons. The van der Waals surface area contributed by atoms with Crippen LogP contribution < -0.4 is 4.72 Å². The minimum Gasteiger partial charge on any atom is -0.383 e. The van der Waals surface area contributed by atoms with E-state index < -0.39 is 10.0 Å². The average Bonchev–Trinajstić information content (AvgIpc) is 2.63. The van der Waals surface area contributed by atoms with Crippen LogP contribution in [0.3, 0.4) is 0 Å². The quantitative estimate of drug-likeness (QED) is 0.757. The fourth-order valence-electron chi connectivity index (χ4n) is 1.06. The molecule has 0 aliphatic carbocycles. The van der Waals surface area contributed by atoms with Crippen molar-refractivity contribution in [3.63, 3.8) is 0 Å². The number of aromatic nitrogens is 2. The molecule has 1 rings (SSSR count). The molecule has 0 saturated carbocycles. The smallest absolute Gasteiger partial charge is 0.243 e. The summed E-state index contributed by atoms with van der Waals surface area (Å²) in [6.45, 7) is 0.709. The molecule has 0 aliphatic heterocycles. The van der Waals surface area contributed by atoms with Gasteiger partial charge in [0.15, 0.2) is 0 Å². The number of nitrogens with one attached hydrogen (secondary N) is 1. The van der Waals surface area contributed by atoms with Crippen LogP contribution in [0.25, 0.3) is 0 Å². The van der Waals surface area contributed by atoms with Crippen molar-refractivity contribution in [3.8, 4) is 0 Å². The van der Waals surface area contributed by atoms with Gasteiger partial charge in [0.1, 0.15) is 4.90 Å². The molecule has 6 nitrogen and oxygen atoms in total. The van der Waals surface area contributed by atoms with Gasteiger partial charge in [0, 0.05) is 26.9 Å². The van der Waals surface area contributed by atoms with Crippen molar-refractivity contribution in [3.05, 3.63) is 12.4 Å². The largest absolute Gasteiger partial charge is 0.383 e. The van der Waals surface area contributed by atoms with Gasteiger partial charge >= 0.3 is 0 Å². The summed E-state index contributed by atoms with van der Waals surface area (Å²) in [6.07, 6.45) is 2.75. The van der Waals surface area contributed by atoms with Crippen LogP contribution in [0.1, 0.15) is 0 Å². The first-order valence-corrected chi connectivity index (χ1v) is 6.97. The highest BCUT2D eigenvalue weighted by Crippen LogP contribution is 2.07. The number of methoxy groups -OCH3 is 1. The summed E-state index contributed by atoms with van der Waals surface area (Å²) < 4.78 is 32.2. The van der Waals surface area contributed by atoms with Gasteiger partial charge in [-0.3, -0.25) is 4.68 Å². The number of alkyl halides is 1. The van der Waals surface area contributed by atoms with Gasteiger partial charge in [0.05, 0.1) is 17.6 Å². The zero-order valence-corrected chi connectivity index (χ0v) is 11.5. The standard InChI is InChI=1S/C8H14BrN3O3S/c1-12-5-8(4-10-12)16(13,14)11-3-7(9)6-15-2/h4-5,7,11H,3,6H2,1-2H3. The Balaban J connectivity index is 2.59. The van der Waals surface area contributed by atoms with E-state index >= 15 is 0 Å². The SMILES string of the molecule is COCC(Br)CNS(=O)(=O)c1cnn(C)c1. The van der Waals surface area contributed by atoms with Gasteiger partial charge in [-0.25, -0.2) is 13.1 Å². The molecular weight excluding hydrogens is 298 g/mol. The van der Waals surface area contributed by atoms with E-state index in [1.54, 1.807) is 14.2 Å². The van der Waals surface area contributed by atoms with Gasteiger partial charge in [-0.15, -0.1) is 0 Å². The highest BCUT2D eigenvalue weighted by atomic mass is 79.9. The maximum Gasteiger partial charge on any atom is 0.243 e. The summed E-state index contributed by atoms with van der Waals surface area (Å²) in [5, 5.41) is 3.81. The van der Waals surface area contributed by atoms with E-state index in [1.165, 1.54) is 17.1 Å². The minimum atomic E-state index is -3.47. The Hall–Kier alpha value is -0.440. The summed E-state index contributed by atoms with van der Waals surface area (Å²) in [6, 6.07) is 0. The van der Waals surface area contributed by atoms with Crippen LogP contribution in [-0.2, 0) is 21.8 Å². The Kier molecular flexibility index (Phi) is 4.90. The van der Waals surface area contributed by atoms with Crippen molar-refractivity contribution in [2.45, 2.75) is 9.72 Å². The fraction of sp³-hybridized carbons (Fsp3) is 0.625. The second-order valence-corrected chi connectivity index (χ2v) is 6.32. The molecule has 1 heterocycles. The molecule has 0 spiro atoms. The first-order chi connectivity index (χ1) is 7.45. The summed E-state index contributed by atoms with van der Waals surface area (Å²) >= 11 is 3.30. The zero-order chi connectivity index (χ0) is 12.2. The van der Waals surface area contributed by atoms with Crippen LogP contribution in [0, 0.1) is 0 Å². The lowest BCUT2D eigenvalue weighted by Crippen LogP contribution is -2.31. The zero-order valence-electron chi connectivity index (χ0n) is 9.05. The molecule has 0 aromatic carbocycles. The third-order valence-electron chi connectivity index (χ3n) is 1.83. The lowest BCUT2D eigenvalue weighted by atomic mass is 10.5. The summed E-state index contributed by atoms with van der Waals surface area (Å²) in [5.74, 6) is 0. The van der Waals surface area contributed by atoms with E-state index in [4.69, 9.17) is 4.74 Å². The molecule has 92 valence electrons. The number of sulfonamides is 1. The van der Waals surface area contributed by atoms with Crippen LogP contribution in [0.2, 0.25) is 0 Å². The molecule has 1 N–H and O–H groups in total. The lowest BCUT2D eigenvalue weighted by molar-refractivity contribution is 0.201. The molecule has 0 fully saturated rings. The monoisotopic (exact) mass is 311 g/mol. The summed E-state index contributed by atoms with van der Waals surface area (Å²) in [5.41, 5.74) is 0. The van der Waals surface area contributed by atoms with Gasteiger partial charge in [-0.1, -0.05) is 15.9 Å². The third-order valence-corrected chi connectivity index (χ3v) is 3.80. The van der Waals surface area contributed by atoms with E-state index in [2.05, 4.69) is 25.8 Å². The highest BCUT2D eigenvalue weighted by molar-refractivity contribution is 9.09. The Morgan fingerprint density at radius 2 is 2.38 bits per heavy atom. The molecule has 0 aliphatic rings. The molecular formula is C8H14BrN3O3S. The van der Waals surface area contributed by atoms with Crippen molar-refractivity contribution in [1.29, 1.82) is 0 Å². The molecule has 1 unspecified atom stereocenters. The second-order valence-electron chi connectivity index (χ2n) is 3.25. The number of hydrogen-bond donors (Lipinski definition) is 1. The number of rotatable bonds is 6. The van der Waals surface area contributed by atoms with Crippen molar-refractivity contribution in [2.75, 3.05) is 20.3 Å². The number of hydrogen-bond acceptors (Lipinski definition) is 4. The molecule has 8 heteroatoms. The maximum atomic E-state index is 11.7. The Morgan fingerprint density at radius 1 is 1.69 bits per heavy atom. The highest BCUT2D eigenvalue weighted by Gasteiger charge is 2.17. The Labute approximate surface area is 103 Å². The van der Waals surface area contributed by atoms with E-state index in [-0.39, 0.29) is 16.3 Å². The number of ether oxygens (including phenoxy) is 1. The van der Waals surface area contributed by atoms with Gasteiger partial charge in [0.25, 0.3) is 0 Å². The minimum absolute atomic E-state index is 0.0519. The Bertz CT molecular complexity index is 431. The van der Waals surface area contributed by atoms with Crippen molar-refractivity contribution >= 4 is 26.0 Å². The van der Waals surface area contributed by atoms with E-state index in [0.29, 0.717) is 6.61 Å². The van der Waals surface area contributed by atoms with Gasteiger partial charge < -0.3 is 4.74 Å². The Morgan fingerprint density at radius 3 is 2.88 bits per heavy atom. The maximum absolute atomic E-state index is 11.7. The van der Waals surface area contributed by atoms with Crippen molar-refractivity contribution in [2.24, 2.45) is 7.05 Å². The first kappa shape index (κ1) is 13.6. The molecule has 16 heavy (non-hydrogen) atoms. The predicted molar refractivity (Wildman–Crippen MR) is 63.0 cm³/mol. The van der Waals surface area contributed by atoms with Gasteiger partial charge in [-0.05, 0) is 0 Å². The molecule has 0 amide bonds. The van der Waals surface area contributed by atoms with Crippen LogP contribution in [-0.4, -0.2) is 43.3 Å². The van der Waals surface area contributed by atoms with Gasteiger partial charge in [0.2, 0.25) is 10.0 Å². The molecule has 1 aromatic heterocycles. The van der Waals surface area contributed by atoms with Gasteiger partial charge in [-0.2, -0.15) is 5.10 Å². The second kappa shape index (κ2) is 5.76. The van der Waals surface area contributed by atoms with E-state index in [9.17, 15) is 8.42 Å². The van der Waals surface area contributed by atoms with Crippen LogP contribution in [0.15, 0.2) is 17.3 Å². The lowest BCUT2D eigenvalue weighted by Gasteiger charge is -2.09. The summed E-state index contributed by atoms with van der Waals surface area (Å²) in [4.78, 5) is 0.107. The van der Waals surface area contributed by atoms with Crippen LogP contribution in [0.5, 0.6) is 0 Å². The fourth-order valence-corrected chi connectivity index (χ4v) is 2.77. The molecule has 1 atom stereocenters. The van der Waals surface area contributed by atoms with Crippen molar-refractivity contribution < 1.29 is 13.2 Å². The van der Waals surface area contributed by atoms with E-state index in [1.807, 2.05) is 0 Å². The predicted octanol–water partition coefficient (Wildman–Crippen LogP) is 0.108. The number of aryl methyl sites for hydroxylation is 1. The molecule has 1 aromatic rings. The first-order valence-electron chi connectivity index (χ1n) is 4.57. The number of nitrogens with zero attached hydrogens (tertiary/aromatic N) is 2. The van der Waals surface area contributed by atoms with Crippen LogP contribution >= 0.6 is 15.9 Å². The average molecular weight is 312 g/mol. The van der Waals surface area contributed by atoms with E-state index in [0.717, 1.165) is 0 Å². The number of halogens is 1. The van der Waals surface area contributed by atoms with Crippen molar-refractivity contribution in [1.82, 2.24) is 14.5 Å². The molecule has 0 saturated heterocycles. The topological polar surface area (TPSA) is 73.2 Å². The molecule has 0 bridgehead atoms. The van der Waals surface area contributed by atoms with Crippen LogP contribution in [0.4, 0.5) is 0 Å². The summed E-state index contributed by atoms with van der Waals surface area (Å²) in [7, 11) is -0.248. The normalized spacial score (nSPS) is 13.9.